The van der Waals surface area contributed by atoms with Crippen molar-refractivity contribution in [1.82, 2.24) is 0 Å². The van der Waals surface area contributed by atoms with Gasteiger partial charge in [-0.15, -0.1) is 0 Å². The van der Waals surface area contributed by atoms with Crippen LogP contribution in [-0.2, 0) is 4.79 Å². The predicted octanol–water partition coefficient (Wildman–Crippen LogP) is 3.35. The van der Waals surface area contributed by atoms with Crippen LogP contribution < -0.4 is 0 Å². The zero-order chi connectivity index (χ0) is 10.8. The standard InChI is InChI=1S/C14H20O/c1-8-4-10-6-14(3)7-12(15)13(14)9(2)11(10)5-8/h8,10,13H,4-7H2,1-3H3/t8-,10+,13+,14-/m1/s1. The van der Waals surface area contributed by atoms with E-state index in [1.165, 1.54) is 24.8 Å². The average Bonchev–Trinajstić information content (AvgIpc) is 2.44. The minimum Gasteiger partial charge on any atom is -0.299 e. The molecule has 82 valence electrons. The molecular weight excluding hydrogens is 184 g/mol. The molecule has 0 heterocycles. The summed E-state index contributed by atoms with van der Waals surface area (Å²) in [5.74, 6) is 2.46. The van der Waals surface area contributed by atoms with Gasteiger partial charge in [0, 0.05) is 12.3 Å². The van der Waals surface area contributed by atoms with Crippen LogP contribution in [0.4, 0.5) is 0 Å². The Kier molecular flexibility index (Phi) is 1.76. The summed E-state index contributed by atoms with van der Waals surface area (Å²) >= 11 is 0. The number of fused-ring (bicyclic) bond motifs is 2. The fraction of sp³-hybridized carbons (Fsp3) is 0.786. The van der Waals surface area contributed by atoms with Crippen molar-refractivity contribution in [3.05, 3.63) is 11.1 Å². The Morgan fingerprint density at radius 2 is 2.13 bits per heavy atom. The second-order valence-corrected chi connectivity index (χ2v) is 6.38. The molecule has 0 bridgehead atoms. The lowest BCUT2D eigenvalue weighted by atomic mass is 9.51. The fourth-order valence-corrected chi connectivity index (χ4v) is 4.51. The summed E-state index contributed by atoms with van der Waals surface area (Å²) in [6, 6.07) is 0. The number of hydrogen-bond donors (Lipinski definition) is 0. The van der Waals surface area contributed by atoms with Crippen molar-refractivity contribution in [2.45, 2.75) is 46.5 Å². The lowest BCUT2D eigenvalue weighted by Crippen LogP contribution is -2.50. The Labute approximate surface area is 91.9 Å². The van der Waals surface area contributed by atoms with Crippen molar-refractivity contribution in [2.75, 3.05) is 0 Å². The first-order chi connectivity index (χ1) is 7.01. The maximum Gasteiger partial charge on any atom is 0.141 e. The minimum absolute atomic E-state index is 0.300. The Balaban J connectivity index is 2.02. The van der Waals surface area contributed by atoms with Crippen LogP contribution >= 0.6 is 0 Å². The van der Waals surface area contributed by atoms with Gasteiger partial charge in [0.2, 0.25) is 0 Å². The van der Waals surface area contributed by atoms with Crippen molar-refractivity contribution in [3.63, 3.8) is 0 Å². The summed E-state index contributed by atoms with van der Waals surface area (Å²) in [6.45, 7) is 6.90. The van der Waals surface area contributed by atoms with E-state index in [4.69, 9.17) is 0 Å². The summed E-state index contributed by atoms with van der Waals surface area (Å²) in [5, 5.41) is 0. The SMILES string of the molecule is CC1=C2C[C@H](C)C[C@H]2C[C@]2(C)CC(=O)[C@H]12. The molecule has 3 aliphatic rings. The first kappa shape index (κ1) is 9.62. The highest BCUT2D eigenvalue weighted by molar-refractivity contribution is 5.92. The lowest BCUT2D eigenvalue weighted by Gasteiger charge is -2.51. The molecule has 4 atom stereocenters. The molecule has 1 nitrogen and oxygen atoms in total. The van der Waals surface area contributed by atoms with E-state index in [2.05, 4.69) is 20.8 Å². The van der Waals surface area contributed by atoms with E-state index >= 15 is 0 Å². The highest BCUT2D eigenvalue weighted by atomic mass is 16.1. The number of Topliss-reactive ketones (excluding diaryl/α,β-unsaturated/α-hetero) is 1. The molecular formula is C14H20O. The van der Waals surface area contributed by atoms with Crippen LogP contribution in [0.3, 0.4) is 0 Å². The van der Waals surface area contributed by atoms with Crippen molar-refractivity contribution in [1.29, 1.82) is 0 Å². The largest absolute Gasteiger partial charge is 0.299 e. The summed E-state index contributed by atoms with van der Waals surface area (Å²) in [6.07, 6.45) is 4.74. The molecule has 2 saturated carbocycles. The third-order valence-corrected chi connectivity index (χ3v) is 5.00. The lowest BCUT2D eigenvalue weighted by molar-refractivity contribution is -0.140. The van der Waals surface area contributed by atoms with Crippen LogP contribution in [0.25, 0.3) is 0 Å². The van der Waals surface area contributed by atoms with Gasteiger partial charge >= 0.3 is 0 Å². The second kappa shape index (κ2) is 2.75. The van der Waals surface area contributed by atoms with E-state index in [0.717, 1.165) is 18.3 Å². The van der Waals surface area contributed by atoms with Gasteiger partial charge in [0.25, 0.3) is 0 Å². The molecule has 0 aliphatic heterocycles. The summed E-state index contributed by atoms with van der Waals surface area (Å²) in [5.41, 5.74) is 3.44. The number of ketones is 1. The number of rotatable bonds is 0. The van der Waals surface area contributed by atoms with Gasteiger partial charge in [0.1, 0.15) is 5.78 Å². The molecule has 0 spiro atoms. The molecule has 0 aromatic heterocycles. The molecule has 1 heteroatoms. The molecule has 3 rings (SSSR count). The number of hydrogen-bond acceptors (Lipinski definition) is 1. The van der Waals surface area contributed by atoms with Crippen LogP contribution in [0.1, 0.15) is 46.5 Å². The van der Waals surface area contributed by atoms with Gasteiger partial charge in [-0.05, 0) is 43.4 Å². The topological polar surface area (TPSA) is 17.1 Å². The Hall–Kier alpha value is -0.590. The molecule has 0 N–H and O–H groups in total. The van der Waals surface area contributed by atoms with Crippen LogP contribution in [0, 0.1) is 23.2 Å². The Morgan fingerprint density at radius 3 is 2.80 bits per heavy atom. The van der Waals surface area contributed by atoms with Crippen molar-refractivity contribution < 1.29 is 4.79 Å². The molecule has 3 aliphatic carbocycles. The van der Waals surface area contributed by atoms with Crippen LogP contribution in [0.2, 0.25) is 0 Å². The molecule has 0 radical (unpaired) electrons. The third-order valence-electron chi connectivity index (χ3n) is 5.00. The molecule has 0 amide bonds. The van der Waals surface area contributed by atoms with Crippen molar-refractivity contribution in [3.8, 4) is 0 Å². The quantitative estimate of drug-likeness (QED) is 0.553. The molecule has 2 fully saturated rings. The number of carbonyl (C=O) groups is 1. The van der Waals surface area contributed by atoms with Crippen molar-refractivity contribution >= 4 is 5.78 Å². The zero-order valence-electron chi connectivity index (χ0n) is 9.97. The Morgan fingerprint density at radius 1 is 1.40 bits per heavy atom. The first-order valence-corrected chi connectivity index (χ1v) is 6.23. The van der Waals surface area contributed by atoms with Gasteiger partial charge in [-0.25, -0.2) is 0 Å². The van der Waals surface area contributed by atoms with E-state index in [1.54, 1.807) is 5.57 Å². The second-order valence-electron chi connectivity index (χ2n) is 6.38. The van der Waals surface area contributed by atoms with E-state index in [-0.39, 0.29) is 0 Å². The molecule has 15 heavy (non-hydrogen) atoms. The van der Waals surface area contributed by atoms with Gasteiger partial charge in [0.15, 0.2) is 0 Å². The van der Waals surface area contributed by atoms with Crippen molar-refractivity contribution in [2.24, 2.45) is 23.2 Å². The predicted molar refractivity (Wildman–Crippen MR) is 60.4 cm³/mol. The van der Waals surface area contributed by atoms with Gasteiger partial charge in [-0.3, -0.25) is 4.79 Å². The smallest absolute Gasteiger partial charge is 0.141 e. The summed E-state index contributed by atoms with van der Waals surface area (Å²) in [4.78, 5) is 11.7. The van der Waals surface area contributed by atoms with Crippen LogP contribution in [0.15, 0.2) is 11.1 Å². The van der Waals surface area contributed by atoms with Gasteiger partial charge in [-0.2, -0.15) is 0 Å². The molecule has 0 saturated heterocycles. The summed E-state index contributed by atoms with van der Waals surface area (Å²) < 4.78 is 0. The van der Waals surface area contributed by atoms with Gasteiger partial charge in [0.05, 0.1) is 0 Å². The van der Waals surface area contributed by atoms with E-state index < -0.39 is 0 Å². The van der Waals surface area contributed by atoms with Crippen LogP contribution in [0.5, 0.6) is 0 Å². The van der Waals surface area contributed by atoms with Crippen LogP contribution in [-0.4, -0.2) is 5.78 Å². The minimum atomic E-state index is 0.300. The normalized spacial score (nSPS) is 48.7. The average molecular weight is 204 g/mol. The summed E-state index contributed by atoms with van der Waals surface area (Å²) in [7, 11) is 0. The third kappa shape index (κ3) is 1.12. The fourth-order valence-electron chi connectivity index (χ4n) is 4.51. The molecule has 0 aromatic carbocycles. The monoisotopic (exact) mass is 204 g/mol. The van der Waals surface area contributed by atoms with Gasteiger partial charge < -0.3 is 0 Å². The Bertz CT molecular complexity index is 366. The maximum absolute atomic E-state index is 11.7. The highest BCUT2D eigenvalue weighted by Gasteiger charge is 2.55. The zero-order valence-corrected chi connectivity index (χ0v) is 9.97. The number of carbonyl (C=O) groups excluding carboxylic acids is 1. The first-order valence-electron chi connectivity index (χ1n) is 6.23. The maximum atomic E-state index is 11.7. The highest BCUT2D eigenvalue weighted by Crippen LogP contribution is 2.60. The molecule has 0 unspecified atom stereocenters. The molecule has 0 aromatic rings. The van der Waals surface area contributed by atoms with E-state index in [0.29, 0.717) is 17.1 Å². The van der Waals surface area contributed by atoms with Gasteiger partial charge in [-0.1, -0.05) is 25.0 Å². The van der Waals surface area contributed by atoms with E-state index in [9.17, 15) is 4.79 Å². The number of allylic oxidation sites excluding steroid dienone is 2. The van der Waals surface area contributed by atoms with E-state index in [1.807, 2.05) is 0 Å².